The van der Waals surface area contributed by atoms with Gasteiger partial charge in [0.2, 0.25) is 0 Å². The zero-order valence-corrected chi connectivity index (χ0v) is 10.1. The summed E-state index contributed by atoms with van der Waals surface area (Å²) in [5.41, 5.74) is 0. The number of hydrogen-bond acceptors (Lipinski definition) is 7. The minimum Gasteiger partial charge on any atom is -0.394 e. The molecule has 1 fully saturated rings. The Morgan fingerprint density at radius 1 is 1.28 bits per heavy atom. The van der Waals surface area contributed by atoms with Crippen LogP contribution in [0.4, 0.5) is 0 Å². The fraction of sp³-hybridized carbons (Fsp3) is 0.909. The van der Waals surface area contributed by atoms with Crippen LogP contribution in [-0.4, -0.2) is 64.3 Å². The molecule has 0 amide bonds. The molecule has 1 heterocycles. The van der Waals surface area contributed by atoms with Crippen molar-refractivity contribution >= 4 is 0 Å². The van der Waals surface area contributed by atoms with Crippen LogP contribution in [-0.2, 0) is 9.47 Å². The smallest absolute Gasteiger partial charge is 0.186 e. The summed E-state index contributed by atoms with van der Waals surface area (Å²) in [7, 11) is 0. The number of nitriles is 1. The fourth-order valence-corrected chi connectivity index (χ4v) is 1.68. The second kappa shape index (κ2) is 6.99. The van der Waals surface area contributed by atoms with Gasteiger partial charge in [-0.15, -0.1) is 0 Å². The molecule has 0 unspecified atom stereocenters. The normalized spacial score (nSPS) is 38.1. The Kier molecular flexibility index (Phi) is 5.95. The van der Waals surface area contributed by atoms with Gasteiger partial charge in [0.15, 0.2) is 6.29 Å². The summed E-state index contributed by atoms with van der Waals surface area (Å²) in [6.07, 6.45) is -6.01. The molecule has 6 atom stereocenters. The maximum Gasteiger partial charge on any atom is 0.186 e. The standard InChI is InChI=1S/C11H19NO6/c1-6(2-3-12)5-17-11-10(16)9(15)8(14)7(4-13)18-11/h6-11,13-16H,2,4-5H2,1H3/t6-,7+,8+,9-,10+,11+/m0/s1. The predicted molar refractivity (Wildman–Crippen MR) is 59.1 cm³/mol. The SMILES string of the molecule is C[C@@H](CC#N)CO[C@@H]1O[C@H](CO)[C@@H](O)[C@H](O)[C@H]1O. The first kappa shape index (κ1) is 15.3. The molecule has 0 aromatic carbocycles. The Morgan fingerprint density at radius 3 is 2.50 bits per heavy atom. The molecule has 0 saturated carbocycles. The highest BCUT2D eigenvalue weighted by atomic mass is 16.7. The Balaban J connectivity index is 2.52. The highest BCUT2D eigenvalue weighted by Crippen LogP contribution is 2.22. The summed E-state index contributed by atoms with van der Waals surface area (Å²) in [6.45, 7) is 1.49. The second-order valence-electron chi connectivity index (χ2n) is 4.50. The van der Waals surface area contributed by atoms with Gasteiger partial charge in [0, 0.05) is 6.42 Å². The van der Waals surface area contributed by atoms with Crippen molar-refractivity contribution in [2.75, 3.05) is 13.2 Å². The van der Waals surface area contributed by atoms with Gasteiger partial charge in [-0.25, -0.2) is 0 Å². The molecule has 1 aliphatic rings. The van der Waals surface area contributed by atoms with Gasteiger partial charge in [0.25, 0.3) is 0 Å². The van der Waals surface area contributed by atoms with E-state index in [1.54, 1.807) is 6.92 Å². The molecule has 0 radical (unpaired) electrons. The van der Waals surface area contributed by atoms with Gasteiger partial charge in [-0.05, 0) is 5.92 Å². The number of rotatable bonds is 5. The number of nitrogens with zero attached hydrogens (tertiary/aromatic N) is 1. The molecule has 1 aliphatic heterocycles. The number of aliphatic hydroxyl groups is 4. The van der Waals surface area contributed by atoms with Crippen LogP contribution in [0.5, 0.6) is 0 Å². The lowest BCUT2D eigenvalue weighted by atomic mass is 9.99. The lowest BCUT2D eigenvalue weighted by molar-refractivity contribution is -0.302. The third-order valence-electron chi connectivity index (χ3n) is 2.83. The van der Waals surface area contributed by atoms with E-state index in [1.807, 2.05) is 6.07 Å². The van der Waals surface area contributed by atoms with Crippen molar-refractivity contribution in [3.05, 3.63) is 0 Å². The van der Waals surface area contributed by atoms with Crippen LogP contribution in [0.2, 0.25) is 0 Å². The van der Waals surface area contributed by atoms with Crippen molar-refractivity contribution < 1.29 is 29.9 Å². The van der Waals surface area contributed by atoms with E-state index < -0.39 is 37.3 Å². The Morgan fingerprint density at radius 2 is 1.94 bits per heavy atom. The van der Waals surface area contributed by atoms with Crippen molar-refractivity contribution in [3.63, 3.8) is 0 Å². The van der Waals surface area contributed by atoms with E-state index in [1.165, 1.54) is 0 Å². The van der Waals surface area contributed by atoms with Gasteiger partial charge in [-0.2, -0.15) is 5.26 Å². The summed E-state index contributed by atoms with van der Waals surface area (Å²) in [5.74, 6) is -0.0395. The Bertz CT molecular complexity index is 292. The zero-order chi connectivity index (χ0) is 13.7. The molecule has 7 heteroatoms. The van der Waals surface area contributed by atoms with E-state index in [0.29, 0.717) is 6.42 Å². The van der Waals surface area contributed by atoms with Crippen molar-refractivity contribution in [2.45, 2.75) is 44.1 Å². The van der Waals surface area contributed by atoms with Crippen molar-refractivity contribution in [2.24, 2.45) is 5.92 Å². The van der Waals surface area contributed by atoms with Gasteiger partial charge in [0.1, 0.15) is 24.4 Å². The minimum atomic E-state index is -1.44. The molecule has 7 nitrogen and oxygen atoms in total. The fourth-order valence-electron chi connectivity index (χ4n) is 1.68. The molecule has 1 saturated heterocycles. The first-order valence-electron chi connectivity index (χ1n) is 5.80. The maximum absolute atomic E-state index is 9.66. The molecule has 0 aromatic rings. The minimum absolute atomic E-state index is 0.0395. The highest BCUT2D eigenvalue weighted by molar-refractivity contribution is 4.89. The predicted octanol–water partition coefficient (Wildman–Crippen LogP) is -1.65. The molecule has 0 aliphatic carbocycles. The Labute approximate surface area is 105 Å². The largest absolute Gasteiger partial charge is 0.394 e. The van der Waals surface area contributed by atoms with Crippen LogP contribution in [0.15, 0.2) is 0 Å². The lowest BCUT2D eigenvalue weighted by Crippen LogP contribution is -2.59. The van der Waals surface area contributed by atoms with Crippen LogP contribution in [0, 0.1) is 17.2 Å². The van der Waals surface area contributed by atoms with Crippen LogP contribution in [0.3, 0.4) is 0 Å². The van der Waals surface area contributed by atoms with E-state index in [2.05, 4.69) is 0 Å². The second-order valence-corrected chi connectivity index (χ2v) is 4.50. The van der Waals surface area contributed by atoms with Crippen molar-refractivity contribution in [1.29, 1.82) is 5.26 Å². The average molecular weight is 261 g/mol. The molecule has 0 bridgehead atoms. The zero-order valence-electron chi connectivity index (χ0n) is 10.1. The maximum atomic E-state index is 9.66. The van der Waals surface area contributed by atoms with Gasteiger partial charge >= 0.3 is 0 Å². The van der Waals surface area contributed by atoms with Gasteiger partial charge in [-0.1, -0.05) is 6.92 Å². The third-order valence-corrected chi connectivity index (χ3v) is 2.83. The molecule has 18 heavy (non-hydrogen) atoms. The molecule has 104 valence electrons. The summed E-state index contributed by atoms with van der Waals surface area (Å²) in [4.78, 5) is 0. The quantitative estimate of drug-likeness (QED) is 0.467. The number of aliphatic hydroxyl groups excluding tert-OH is 4. The molecule has 4 N–H and O–H groups in total. The topological polar surface area (TPSA) is 123 Å². The summed E-state index contributed by atoms with van der Waals surface area (Å²) < 4.78 is 10.4. The first-order chi connectivity index (χ1) is 8.51. The van der Waals surface area contributed by atoms with Crippen LogP contribution < -0.4 is 0 Å². The van der Waals surface area contributed by atoms with E-state index >= 15 is 0 Å². The molecular formula is C11H19NO6. The van der Waals surface area contributed by atoms with Crippen LogP contribution >= 0.6 is 0 Å². The van der Waals surface area contributed by atoms with Crippen LogP contribution in [0.1, 0.15) is 13.3 Å². The molecule has 0 spiro atoms. The summed E-state index contributed by atoms with van der Waals surface area (Å²) >= 11 is 0. The average Bonchev–Trinajstić information content (AvgIpc) is 2.35. The summed E-state index contributed by atoms with van der Waals surface area (Å²) in [6, 6.07) is 1.99. The van der Waals surface area contributed by atoms with Crippen molar-refractivity contribution in [3.8, 4) is 6.07 Å². The van der Waals surface area contributed by atoms with E-state index in [0.717, 1.165) is 0 Å². The lowest BCUT2D eigenvalue weighted by Gasteiger charge is -2.39. The van der Waals surface area contributed by atoms with Gasteiger partial charge < -0.3 is 29.9 Å². The van der Waals surface area contributed by atoms with E-state index in [4.69, 9.17) is 19.8 Å². The highest BCUT2D eigenvalue weighted by Gasteiger charge is 2.44. The van der Waals surface area contributed by atoms with Crippen LogP contribution in [0.25, 0.3) is 0 Å². The third kappa shape index (κ3) is 3.62. The molecule has 0 aromatic heterocycles. The van der Waals surface area contributed by atoms with Crippen molar-refractivity contribution in [1.82, 2.24) is 0 Å². The summed E-state index contributed by atoms with van der Waals surface area (Å²) in [5, 5.41) is 46.2. The van der Waals surface area contributed by atoms with E-state index in [9.17, 15) is 15.3 Å². The Hall–Kier alpha value is -0.750. The number of ether oxygens (including phenoxy) is 2. The van der Waals surface area contributed by atoms with Gasteiger partial charge in [-0.3, -0.25) is 0 Å². The first-order valence-corrected chi connectivity index (χ1v) is 5.80. The van der Waals surface area contributed by atoms with E-state index in [-0.39, 0.29) is 12.5 Å². The van der Waals surface area contributed by atoms with Gasteiger partial charge in [0.05, 0.1) is 19.3 Å². The molecule has 1 rings (SSSR count). The number of hydrogen-bond donors (Lipinski definition) is 4. The molecular weight excluding hydrogens is 242 g/mol. The monoisotopic (exact) mass is 261 g/mol.